The van der Waals surface area contributed by atoms with Crippen LogP contribution in [0.5, 0.6) is 0 Å². The molecule has 2 rings (SSSR count). The number of methoxy groups -OCH3 is 1. The summed E-state index contributed by atoms with van der Waals surface area (Å²) in [5.41, 5.74) is 1.26. The Morgan fingerprint density at radius 3 is 2.48 bits per heavy atom. The maximum absolute atomic E-state index is 11.8. The summed E-state index contributed by atoms with van der Waals surface area (Å²) < 4.78 is 6.37. The van der Waals surface area contributed by atoms with E-state index >= 15 is 0 Å². The highest BCUT2D eigenvalue weighted by Gasteiger charge is 2.30. The van der Waals surface area contributed by atoms with Gasteiger partial charge in [-0.3, -0.25) is 0 Å². The van der Waals surface area contributed by atoms with E-state index in [2.05, 4.69) is 5.10 Å². The van der Waals surface area contributed by atoms with Crippen molar-refractivity contribution in [2.45, 2.75) is 26.2 Å². The summed E-state index contributed by atoms with van der Waals surface area (Å²) in [6.45, 7) is 5.99. The Morgan fingerprint density at radius 2 is 1.95 bits per heavy atom. The van der Waals surface area contributed by atoms with Crippen LogP contribution in [0.3, 0.4) is 0 Å². The quantitative estimate of drug-likeness (QED) is 0.774. The van der Waals surface area contributed by atoms with Crippen molar-refractivity contribution in [1.82, 2.24) is 9.78 Å². The highest BCUT2D eigenvalue weighted by molar-refractivity contribution is 6.34. The Balaban J connectivity index is 2.73. The molecule has 1 heterocycles. The Morgan fingerprint density at radius 1 is 1.29 bits per heavy atom. The first-order valence-electron chi connectivity index (χ1n) is 6.39. The molecule has 1 aromatic carbocycles. The lowest BCUT2D eigenvalue weighted by atomic mass is 9.91. The van der Waals surface area contributed by atoms with E-state index in [0.29, 0.717) is 10.0 Å². The van der Waals surface area contributed by atoms with Crippen molar-refractivity contribution < 1.29 is 9.53 Å². The number of carbonyl (C=O) groups is 1. The van der Waals surface area contributed by atoms with E-state index in [1.165, 1.54) is 7.11 Å². The molecule has 112 valence electrons. The Bertz CT molecular complexity index is 687. The molecule has 0 unspecified atom stereocenters. The second-order valence-corrected chi connectivity index (χ2v) is 6.46. The summed E-state index contributed by atoms with van der Waals surface area (Å²) in [6, 6.07) is 7.21. The molecule has 0 spiro atoms. The third-order valence-corrected chi connectivity index (χ3v) is 3.56. The Kier molecular flexibility index (Phi) is 4.30. The molecular formula is C15H16Cl2N2O2. The maximum atomic E-state index is 11.8. The van der Waals surface area contributed by atoms with Gasteiger partial charge in [0.05, 0.1) is 23.5 Å². The summed E-state index contributed by atoms with van der Waals surface area (Å²) in [5.74, 6) is -0.564. The number of aromatic nitrogens is 2. The molecule has 6 heteroatoms. The van der Waals surface area contributed by atoms with Gasteiger partial charge in [0.25, 0.3) is 0 Å². The average molecular weight is 327 g/mol. The number of esters is 1. The van der Waals surface area contributed by atoms with Crippen LogP contribution in [0.15, 0.2) is 24.3 Å². The molecule has 2 aromatic rings. The van der Waals surface area contributed by atoms with E-state index in [9.17, 15) is 4.79 Å². The molecule has 0 saturated heterocycles. The van der Waals surface area contributed by atoms with E-state index in [-0.39, 0.29) is 11.1 Å². The van der Waals surface area contributed by atoms with Gasteiger partial charge < -0.3 is 4.74 Å². The highest BCUT2D eigenvalue weighted by Crippen LogP contribution is 2.34. The number of ether oxygens (including phenoxy) is 1. The molecule has 0 saturated carbocycles. The first-order valence-corrected chi connectivity index (χ1v) is 7.14. The number of carbonyl (C=O) groups excluding carboxylic acids is 1. The molecule has 0 aliphatic carbocycles. The van der Waals surface area contributed by atoms with Crippen molar-refractivity contribution in [2.75, 3.05) is 7.11 Å². The number of benzene rings is 1. The lowest BCUT2D eigenvalue weighted by Crippen LogP contribution is -2.18. The van der Waals surface area contributed by atoms with E-state index in [0.717, 1.165) is 11.4 Å². The predicted molar refractivity (Wildman–Crippen MR) is 83.6 cm³/mol. The summed E-state index contributed by atoms with van der Waals surface area (Å²) in [4.78, 5) is 11.8. The zero-order chi connectivity index (χ0) is 15.8. The van der Waals surface area contributed by atoms with Crippen LogP contribution in [0, 0.1) is 0 Å². The van der Waals surface area contributed by atoms with Crippen molar-refractivity contribution in [2.24, 2.45) is 0 Å². The van der Waals surface area contributed by atoms with Gasteiger partial charge in [0.1, 0.15) is 0 Å². The Labute approximate surface area is 133 Å². The van der Waals surface area contributed by atoms with Crippen molar-refractivity contribution >= 4 is 29.2 Å². The fourth-order valence-electron chi connectivity index (χ4n) is 2.07. The van der Waals surface area contributed by atoms with E-state index in [4.69, 9.17) is 27.9 Å². The molecule has 21 heavy (non-hydrogen) atoms. The van der Waals surface area contributed by atoms with Crippen LogP contribution in [0.2, 0.25) is 10.0 Å². The van der Waals surface area contributed by atoms with E-state index in [1.54, 1.807) is 16.8 Å². The molecule has 0 radical (unpaired) electrons. The second-order valence-electron chi connectivity index (χ2n) is 5.64. The number of nitrogens with zero attached hydrogens (tertiary/aromatic N) is 2. The molecule has 1 aromatic heterocycles. The van der Waals surface area contributed by atoms with E-state index in [1.807, 2.05) is 32.9 Å². The van der Waals surface area contributed by atoms with Crippen molar-refractivity contribution in [3.63, 3.8) is 0 Å². The van der Waals surface area contributed by atoms with Gasteiger partial charge in [-0.05, 0) is 18.2 Å². The minimum atomic E-state index is -0.564. The molecule has 0 aliphatic rings. The number of halogens is 2. The van der Waals surface area contributed by atoms with Gasteiger partial charge in [0, 0.05) is 10.4 Å². The predicted octanol–water partition coefficient (Wildman–Crippen LogP) is 4.26. The highest BCUT2D eigenvalue weighted by atomic mass is 35.5. The van der Waals surface area contributed by atoms with Crippen LogP contribution in [0.1, 0.15) is 37.0 Å². The normalized spacial score (nSPS) is 11.5. The van der Waals surface area contributed by atoms with Crippen LogP contribution in [-0.2, 0) is 10.2 Å². The molecule has 0 bridgehead atoms. The van der Waals surface area contributed by atoms with Gasteiger partial charge in [0.2, 0.25) is 0 Å². The van der Waals surface area contributed by atoms with Crippen molar-refractivity contribution in [1.29, 1.82) is 0 Å². The van der Waals surface area contributed by atoms with Crippen LogP contribution in [0.25, 0.3) is 5.69 Å². The van der Waals surface area contributed by atoms with Crippen LogP contribution < -0.4 is 0 Å². The zero-order valence-corrected chi connectivity index (χ0v) is 13.8. The number of rotatable bonds is 2. The van der Waals surface area contributed by atoms with Crippen LogP contribution in [-0.4, -0.2) is 22.9 Å². The largest absolute Gasteiger partial charge is 0.464 e. The van der Waals surface area contributed by atoms with Gasteiger partial charge in [-0.1, -0.05) is 50.0 Å². The SMILES string of the molecule is COC(=O)c1nn(-c2cccc(Cl)c2)c(C(C)(C)C)c1Cl. The van der Waals surface area contributed by atoms with Gasteiger partial charge in [-0.2, -0.15) is 5.10 Å². The molecular weight excluding hydrogens is 311 g/mol. The maximum Gasteiger partial charge on any atom is 0.360 e. The zero-order valence-electron chi connectivity index (χ0n) is 12.3. The topological polar surface area (TPSA) is 44.1 Å². The van der Waals surface area contributed by atoms with Crippen LogP contribution in [0.4, 0.5) is 0 Å². The Hall–Kier alpha value is -1.52. The minimum Gasteiger partial charge on any atom is -0.464 e. The van der Waals surface area contributed by atoms with Crippen LogP contribution >= 0.6 is 23.2 Å². The lowest BCUT2D eigenvalue weighted by molar-refractivity contribution is 0.0593. The number of hydrogen-bond donors (Lipinski definition) is 0. The molecule has 0 aliphatic heterocycles. The smallest absolute Gasteiger partial charge is 0.360 e. The molecule has 4 nitrogen and oxygen atoms in total. The van der Waals surface area contributed by atoms with Gasteiger partial charge in [0.15, 0.2) is 5.69 Å². The van der Waals surface area contributed by atoms with Gasteiger partial charge in [-0.15, -0.1) is 0 Å². The summed E-state index contributed by atoms with van der Waals surface area (Å²) in [5, 5.41) is 5.19. The van der Waals surface area contributed by atoms with Gasteiger partial charge >= 0.3 is 5.97 Å². The molecule has 0 fully saturated rings. The fourth-order valence-corrected chi connectivity index (χ4v) is 2.73. The number of hydrogen-bond acceptors (Lipinski definition) is 3. The van der Waals surface area contributed by atoms with E-state index < -0.39 is 5.97 Å². The summed E-state index contributed by atoms with van der Waals surface area (Å²) >= 11 is 12.4. The van der Waals surface area contributed by atoms with Crippen molar-refractivity contribution in [3.05, 3.63) is 45.7 Å². The van der Waals surface area contributed by atoms with Crippen molar-refractivity contribution in [3.8, 4) is 5.69 Å². The first kappa shape index (κ1) is 15.9. The van der Waals surface area contributed by atoms with Gasteiger partial charge in [-0.25, -0.2) is 9.48 Å². The summed E-state index contributed by atoms with van der Waals surface area (Å²) in [7, 11) is 1.30. The lowest BCUT2D eigenvalue weighted by Gasteiger charge is -2.21. The molecule has 0 atom stereocenters. The standard InChI is InChI=1S/C15H16Cl2N2O2/c1-15(2,3)13-11(17)12(14(20)21-4)18-19(13)10-7-5-6-9(16)8-10/h5-8H,1-4H3. The second kappa shape index (κ2) is 5.70. The molecule has 0 amide bonds. The monoisotopic (exact) mass is 326 g/mol. The third kappa shape index (κ3) is 3.06. The first-order chi connectivity index (χ1) is 9.75. The third-order valence-electron chi connectivity index (χ3n) is 2.97. The molecule has 0 N–H and O–H groups in total. The summed E-state index contributed by atoms with van der Waals surface area (Å²) in [6.07, 6.45) is 0. The average Bonchev–Trinajstić information content (AvgIpc) is 2.75. The minimum absolute atomic E-state index is 0.101. The fraction of sp³-hybridized carbons (Fsp3) is 0.333.